The lowest BCUT2D eigenvalue weighted by Gasteiger charge is -2.32. The molecule has 34 heavy (non-hydrogen) atoms. The van der Waals surface area contributed by atoms with Crippen molar-refractivity contribution in [2.24, 2.45) is 0 Å². The van der Waals surface area contributed by atoms with Gasteiger partial charge in [-0.1, -0.05) is 36.2 Å². The van der Waals surface area contributed by atoms with Crippen LogP contribution in [-0.4, -0.2) is 50.0 Å². The van der Waals surface area contributed by atoms with Crippen LogP contribution < -0.4 is 9.62 Å². The van der Waals surface area contributed by atoms with Crippen molar-refractivity contribution < 1.29 is 18.0 Å². The van der Waals surface area contributed by atoms with Gasteiger partial charge in [0.1, 0.15) is 12.6 Å². The second kappa shape index (κ2) is 12.4. The van der Waals surface area contributed by atoms with E-state index in [1.807, 2.05) is 13.8 Å². The number of sulfonamides is 1. The third kappa shape index (κ3) is 8.00. The maximum Gasteiger partial charge on any atom is 0.244 e. The summed E-state index contributed by atoms with van der Waals surface area (Å²) in [4.78, 5) is 27.7. The lowest BCUT2D eigenvalue weighted by atomic mass is 10.1. The van der Waals surface area contributed by atoms with Crippen LogP contribution in [-0.2, 0) is 26.2 Å². The average Bonchev–Trinajstić information content (AvgIpc) is 2.77. The number of amides is 2. The predicted molar refractivity (Wildman–Crippen MR) is 146 cm³/mol. The van der Waals surface area contributed by atoms with Crippen LogP contribution in [0.5, 0.6) is 0 Å². The molecule has 0 aliphatic rings. The minimum atomic E-state index is -3.77. The van der Waals surface area contributed by atoms with Gasteiger partial charge >= 0.3 is 0 Å². The van der Waals surface area contributed by atoms with E-state index in [9.17, 15) is 18.0 Å². The van der Waals surface area contributed by atoms with Crippen molar-refractivity contribution in [3.05, 3.63) is 61.6 Å². The molecular formula is C23H28Cl2IN3O4S. The largest absolute Gasteiger partial charge is 0.352 e. The van der Waals surface area contributed by atoms with E-state index in [1.54, 1.807) is 49.4 Å². The maximum atomic E-state index is 13.5. The van der Waals surface area contributed by atoms with Gasteiger partial charge in [-0.05, 0) is 84.8 Å². The Balaban J connectivity index is 2.40. The Bertz CT molecular complexity index is 1130. The number of hydrogen-bond acceptors (Lipinski definition) is 4. The Labute approximate surface area is 225 Å². The summed E-state index contributed by atoms with van der Waals surface area (Å²) in [6.45, 7) is 5.02. The number of anilines is 1. The number of carbonyl (C=O) groups excluding carboxylic acids is 2. The Hall–Kier alpha value is -1.56. The molecule has 0 unspecified atom stereocenters. The van der Waals surface area contributed by atoms with Crippen LogP contribution in [0.4, 0.5) is 5.69 Å². The lowest BCUT2D eigenvalue weighted by Crippen LogP contribution is -2.52. The van der Waals surface area contributed by atoms with E-state index in [4.69, 9.17) is 23.2 Å². The van der Waals surface area contributed by atoms with Gasteiger partial charge in [-0.15, -0.1) is 0 Å². The number of rotatable bonds is 10. The SMILES string of the molecule is CC[C@H](C)NC(=O)[C@@H](C)N(Cc1ccc(Cl)c(Cl)c1)C(=O)CN(c1ccc(I)cc1)S(C)(=O)=O. The minimum Gasteiger partial charge on any atom is -0.352 e. The molecule has 2 aromatic rings. The molecule has 0 saturated carbocycles. The molecule has 186 valence electrons. The lowest BCUT2D eigenvalue weighted by molar-refractivity contribution is -0.139. The van der Waals surface area contributed by atoms with Crippen molar-refractivity contribution in [1.82, 2.24) is 10.2 Å². The van der Waals surface area contributed by atoms with E-state index < -0.39 is 28.5 Å². The van der Waals surface area contributed by atoms with Gasteiger partial charge in [0.15, 0.2) is 0 Å². The molecule has 0 aliphatic heterocycles. The summed E-state index contributed by atoms with van der Waals surface area (Å²) in [6.07, 6.45) is 1.77. The Morgan fingerprint density at radius 3 is 2.21 bits per heavy atom. The number of hydrogen-bond donors (Lipinski definition) is 1. The Morgan fingerprint density at radius 1 is 1.06 bits per heavy atom. The third-order valence-corrected chi connectivity index (χ3v) is 7.90. The van der Waals surface area contributed by atoms with Crippen LogP contribution in [0.15, 0.2) is 42.5 Å². The van der Waals surface area contributed by atoms with Crippen molar-refractivity contribution in [2.45, 2.75) is 45.8 Å². The monoisotopic (exact) mass is 639 g/mol. The van der Waals surface area contributed by atoms with Crippen molar-refractivity contribution >= 4 is 73.3 Å². The van der Waals surface area contributed by atoms with Crippen LogP contribution >= 0.6 is 45.8 Å². The van der Waals surface area contributed by atoms with E-state index in [-0.39, 0.29) is 18.5 Å². The second-order valence-electron chi connectivity index (χ2n) is 8.01. The molecule has 0 aromatic heterocycles. The molecule has 11 heteroatoms. The Morgan fingerprint density at radius 2 is 1.68 bits per heavy atom. The summed E-state index contributed by atoms with van der Waals surface area (Å²) < 4.78 is 27.1. The maximum absolute atomic E-state index is 13.5. The predicted octanol–water partition coefficient (Wildman–Crippen LogP) is 4.70. The highest BCUT2D eigenvalue weighted by atomic mass is 127. The molecule has 2 rings (SSSR count). The van der Waals surface area contributed by atoms with Crippen molar-refractivity contribution in [3.63, 3.8) is 0 Å². The molecule has 0 radical (unpaired) electrons. The van der Waals surface area contributed by atoms with Gasteiger partial charge in [-0.3, -0.25) is 13.9 Å². The van der Waals surface area contributed by atoms with Crippen molar-refractivity contribution in [3.8, 4) is 0 Å². The Kier molecular flexibility index (Phi) is 10.5. The molecule has 0 spiro atoms. The zero-order chi connectivity index (χ0) is 25.6. The molecule has 0 aliphatic carbocycles. The van der Waals surface area contributed by atoms with Crippen LogP contribution in [0.2, 0.25) is 10.0 Å². The summed E-state index contributed by atoms with van der Waals surface area (Å²) in [7, 11) is -3.77. The smallest absolute Gasteiger partial charge is 0.244 e. The molecule has 2 aromatic carbocycles. The van der Waals surface area contributed by atoms with Gasteiger partial charge in [0.05, 0.1) is 22.0 Å². The number of benzene rings is 2. The fourth-order valence-electron chi connectivity index (χ4n) is 3.10. The molecular weight excluding hydrogens is 612 g/mol. The van der Waals surface area contributed by atoms with Crippen molar-refractivity contribution in [2.75, 3.05) is 17.1 Å². The number of halogens is 3. The topological polar surface area (TPSA) is 86.8 Å². The average molecular weight is 640 g/mol. The number of nitrogens with one attached hydrogen (secondary N) is 1. The molecule has 0 bridgehead atoms. The first-order valence-electron chi connectivity index (χ1n) is 10.6. The minimum absolute atomic E-state index is 0.0507. The zero-order valence-corrected chi connectivity index (χ0v) is 23.9. The molecule has 2 amide bonds. The third-order valence-electron chi connectivity index (χ3n) is 5.30. The highest BCUT2D eigenvalue weighted by Gasteiger charge is 2.30. The first-order valence-corrected chi connectivity index (χ1v) is 14.3. The standard InChI is InChI=1S/C23H28Cl2IN3O4S/c1-5-15(2)27-23(31)16(3)28(13-17-6-11-20(24)21(25)12-17)22(30)14-29(34(4,32)33)19-9-7-18(26)8-10-19/h6-12,15-16H,5,13-14H2,1-4H3,(H,27,31)/t15-,16+/m0/s1. The second-order valence-corrected chi connectivity index (χ2v) is 12.0. The quantitative estimate of drug-likeness (QED) is 0.382. The van der Waals surface area contributed by atoms with E-state index in [1.165, 1.54) is 4.90 Å². The van der Waals surface area contributed by atoms with Crippen LogP contribution in [0.25, 0.3) is 0 Å². The van der Waals surface area contributed by atoms with Gasteiger partial charge in [-0.2, -0.15) is 0 Å². The molecule has 0 fully saturated rings. The van der Waals surface area contributed by atoms with Gasteiger partial charge in [-0.25, -0.2) is 8.42 Å². The summed E-state index contributed by atoms with van der Waals surface area (Å²) in [5.41, 5.74) is 1.02. The highest BCUT2D eigenvalue weighted by molar-refractivity contribution is 14.1. The van der Waals surface area contributed by atoms with E-state index in [0.29, 0.717) is 21.3 Å². The summed E-state index contributed by atoms with van der Waals surface area (Å²) >= 11 is 14.3. The number of nitrogens with zero attached hydrogens (tertiary/aromatic N) is 2. The van der Waals surface area contributed by atoms with Crippen LogP contribution in [0.3, 0.4) is 0 Å². The first-order chi connectivity index (χ1) is 15.8. The van der Waals surface area contributed by atoms with Gasteiger partial charge in [0.25, 0.3) is 0 Å². The van der Waals surface area contributed by atoms with Gasteiger partial charge in [0.2, 0.25) is 21.8 Å². The van der Waals surface area contributed by atoms with E-state index >= 15 is 0 Å². The van der Waals surface area contributed by atoms with E-state index in [0.717, 1.165) is 20.6 Å². The first kappa shape index (κ1) is 28.7. The number of carbonyl (C=O) groups is 2. The normalized spacial score (nSPS) is 13.1. The summed E-state index contributed by atoms with van der Waals surface area (Å²) in [6, 6.07) is 10.8. The van der Waals surface area contributed by atoms with Gasteiger partial charge < -0.3 is 10.2 Å². The van der Waals surface area contributed by atoms with Gasteiger partial charge in [0, 0.05) is 16.2 Å². The highest BCUT2D eigenvalue weighted by Crippen LogP contribution is 2.24. The summed E-state index contributed by atoms with van der Waals surface area (Å²) in [5.74, 6) is -0.857. The summed E-state index contributed by atoms with van der Waals surface area (Å²) in [5, 5.41) is 3.57. The fourth-order valence-corrected chi connectivity index (χ4v) is 4.63. The zero-order valence-electron chi connectivity index (χ0n) is 19.4. The van der Waals surface area contributed by atoms with E-state index in [2.05, 4.69) is 27.9 Å². The fraction of sp³-hybridized carbons (Fsp3) is 0.391. The molecule has 7 nitrogen and oxygen atoms in total. The van der Waals surface area contributed by atoms with Crippen LogP contribution in [0.1, 0.15) is 32.8 Å². The molecule has 2 atom stereocenters. The molecule has 0 heterocycles. The van der Waals surface area contributed by atoms with Crippen LogP contribution in [0, 0.1) is 3.57 Å². The van der Waals surface area contributed by atoms with Crippen molar-refractivity contribution in [1.29, 1.82) is 0 Å². The molecule has 0 saturated heterocycles. The molecule has 1 N–H and O–H groups in total.